The molecule has 1 heterocycles. The van der Waals surface area contributed by atoms with Crippen molar-refractivity contribution in [2.24, 2.45) is 0 Å². The number of aryl methyl sites for hydroxylation is 1. The quantitative estimate of drug-likeness (QED) is 0.673. The van der Waals surface area contributed by atoms with Gasteiger partial charge >= 0.3 is 0 Å². The highest BCUT2D eigenvalue weighted by atomic mass is 32.2. The molecule has 27 heavy (non-hydrogen) atoms. The van der Waals surface area contributed by atoms with Crippen molar-refractivity contribution in [3.8, 4) is 5.75 Å². The second-order valence-corrected chi connectivity index (χ2v) is 7.22. The molecule has 1 amide bonds. The van der Waals surface area contributed by atoms with Crippen LogP contribution in [0, 0.1) is 6.92 Å². The Kier molecular flexibility index (Phi) is 5.13. The maximum atomic E-state index is 12.6. The monoisotopic (exact) mass is 387 g/mol. The van der Waals surface area contributed by atoms with Crippen LogP contribution in [0.4, 0.5) is 11.4 Å². The van der Waals surface area contributed by atoms with E-state index in [-0.39, 0.29) is 16.3 Å². The Morgan fingerprint density at radius 1 is 1.07 bits per heavy atom. The van der Waals surface area contributed by atoms with E-state index in [2.05, 4.69) is 15.0 Å². The number of nitrogens with one attached hydrogen (secondary N) is 2. The summed E-state index contributed by atoms with van der Waals surface area (Å²) < 4.78 is 37.8. The standard InChI is InChI=1S/C18H17N3O5S/c1-12-17(19-11-26-12)18(22)20-15-5-3-4-6-16(15)21-27(23,24)14-9-7-13(25-2)8-10-14/h3-11,21H,1-2H3,(H,20,22). The lowest BCUT2D eigenvalue weighted by molar-refractivity contribution is 0.102. The molecule has 1 aromatic heterocycles. The van der Waals surface area contributed by atoms with Crippen LogP contribution in [0.3, 0.4) is 0 Å². The Hall–Kier alpha value is -3.33. The summed E-state index contributed by atoms with van der Waals surface area (Å²) in [6.07, 6.45) is 1.17. The molecule has 2 aromatic carbocycles. The number of aromatic nitrogens is 1. The second-order valence-electron chi connectivity index (χ2n) is 5.54. The highest BCUT2D eigenvalue weighted by molar-refractivity contribution is 7.92. The molecule has 0 bridgehead atoms. The number of carbonyl (C=O) groups excluding carboxylic acids is 1. The van der Waals surface area contributed by atoms with Gasteiger partial charge in [-0.25, -0.2) is 13.4 Å². The summed E-state index contributed by atoms with van der Waals surface area (Å²) >= 11 is 0. The lowest BCUT2D eigenvalue weighted by atomic mass is 10.2. The summed E-state index contributed by atoms with van der Waals surface area (Å²) in [6, 6.07) is 12.4. The number of oxazole rings is 1. The first kappa shape index (κ1) is 18.5. The van der Waals surface area contributed by atoms with Gasteiger partial charge < -0.3 is 14.5 Å². The number of anilines is 2. The summed E-state index contributed by atoms with van der Waals surface area (Å²) in [7, 11) is -2.35. The predicted octanol–water partition coefficient (Wildman–Crippen LogP) is 3.04. The molecule has 0 atom stereocenters. The SMILES string of the molecule is COc1ccc(S(=O)(=O)Nc2ccccc2NC(=O)c2ncoc2C)cc1. The van der Waals surface area contributed by atoms with Gasteiger partial charge in [0.2, 0.25) is 0 Å². The molecule has 2 N–H and O–H groups in total. The lowest BCUT2D eigenvalue weighted by Crippen LogP contribution is -2.17. The molecule has 3 rings (SSSR count). The molecule has 0 saturated heterocycles. The van der Waals surface area contributed by atoms with Gasteiger partial charge in [-0.05, 0) is 43.3 Å². The summed E-state index contributed by atoms with van der Waals surface area (Å²) in [6.45, 7) is 1.61. The van der Waals surface area contributed by atoms with Crippen molar-refractivity contribution in [1.82, 2.24) is 4.98 Å². The van der Waals surface area contributed by atoms with Crippen LogP contribution in [0.15, 0.2) is 64.2 Å². The molecule has 0 aliphatic carbocycles. The Morgan fingerprint density at radius 2 is 1.74 bits per heavy atom. The molecule has 3 aromatic rings. The van der Waals surface area contributed by atoms with Gasteiger partial charge in [0.25, 0.3) is 15.9 Å². The van der Waals surface area contributed by atoms with Gasteiger partial charge in [0, 0.05) is 0 Å². The van der Waals surface area contributed by atoms with Crippen LogP contribution >= 0.6 is 0 Å². The predicted molar refractivity (Wildman–Crippen MR) is 99.4 cm³/mol. The van der Waals surface area contributed by atoms with E-state index in [4.69, 9.17) is 9.15 Å². The molecular weight excluding hydrogens is 370 g/mol. The van der Waals surface area contributed by atoms with Gasteiger partial charge in [-0.1, -0.05) is 12.1 Å². The van der Waals surface area contributed by atoms with Crippen LogP contribution < -0.4 is 14.8 Å². The Labute approximate surface area is 156 Å². The third-order valence-corrected chi connectivity index (χ3v) is 5.13. The number of carbonyl (C=O) groups is 1. The van der Waals surface area contributed by atoms with Gasteiger partial charge in [-0.15, -0.1) is 0 Å². The van der Waals surface area contributed by atoms with Crippen molar-refractivity contribution in [2.75, 3.05) is 17.1 Å². The van der Waals surface area contributed by atoms with E-state index in [0.29, 0.717) is 17.2 Å². The van der Waals surface area contributed by atoms with E-state index in [9.17, 15) is 13.2 Å². The topological polar surface area (TPSA) is 111 Å². The van der Waals surface area contributed by atoms with Crippen molar-refractivity contribution in [3.63, 3.8) is 0 Å². The van der Waals surface area contributed by atoms with Gasteiger partial charge in [0.1, 0.15) is 11.5 Å². The van der Waals surface area contributed by atoms with Crippen LogP contribution in [0.5, 0.6) is 5.75 Å². The van der Waals surface area contributed by atoms with Crippen LogP contribution in [0.2, 0.25) is 0 Å². The summed E-state index contributed by atoms with van der Waals surface area (Å²) in [5.41, 5.74) is 0.646. The highest BCUT2D eigenvalue weighted by Gasteiger charge is 2.19. The van der Waals surface area contributed by atoms with Gasteiger partial charge in [-0.2, -0.15) is 0 Å². The van der Waals surface area contributed by atoms with Crippen molar-refractivity contribution >= 4 is 27.3 Å². The Bertz CT molecular complexity index is 1060. The fourth-order valence-corrected chi connectivity index (χ4v) is 3.42. The van der Waals surface area contributed by atoms with Crippen molar-refractivity contribution < 1.29 is 22.4 Å². The van der Waals surface area contributed by atoms with E-state index in [1.54, 1.807) is 43.3 Å². The number of methoxy groups -OCH3 is 1. The molecule has 0 unspecified atom stereocenters. The molecular formula is C18H17N3O5S. The lowest BCUT2D eigenvalue weighted by Gasteiger charge is -2.13. The molecule has 0 fully saturated rings. The number of hydrogen-bond donors (Lipinski definition) is 2. The van der Waals surface area contributed by atoms with Crippen LogP contribution in [0.25, 0.3) is 0 Å². The first-order valence-corrected chi connectivity index (χ1v) is 9.36. The highest BCUT2D eigenvalue weighted by Crippen LogP contribution is 2.26. The zero-order chi connectivity index (χ0) is 19.4. The van der Waals surface area contributed by atoms with Crippen LogP contribution in [0.1, 0.15) is 16.2 Å². The van der Waals surface area contributed by atoms with Gasteiger partial charge in [0.05, 0.1) is 23.4 Å². The number of para-hydroxylation sites is 2. The number of ether oxygens (including phenoxy) is 1. The zero-order valence-corrected chi connectivity index (χ0v) is 15.4. The molecule has 0 radical (unpaired) electrons. The number of hydrogen-bond acceptors (Lipinski definition) is 6. The van der Waals surface area contributed by atoms with Crippen molar-refractivity contribution in [3.05, 3.63) is 66.4 Å². The van der Waals surface area contributed by atoms with E-state index >= 15 is 0 Å². The van der Waals surface area contributed by atoms with Gasteiger partial charge in [-0.3, -0.25) is 9.52 Å². The Balaban J connectivity index is 1.85. The average molecular weight is 387 g/mol. The number of rotatable bonds is 6. The number of sulfonamides is 1. The molecule has 0 aliphatic heterocycles. The molecule has 9 heteroatoms. The minimum atomic E-state index is -3.85. The molecule has 8 nitrogen and oxygen atoms in total. The maximum absolute atomic E-state index is 12.6. The minimum absolute atomic E-state index is 0.0665. The van der Waals surface area contributed by atoms with E-state index in [1.807, 2.05) is 0 Å². The molecule has 140 valence electrons. The first-order chi connectivity index (χ1) is 12.9. The molecule has 0 aliphatic rings. The van der Waals surface area contributed by atoms with E-state index in [1.165, 1.54) is 25.6 Å². The molecule has 0 spiro atoms. The maximum Gasteiger partial charge on any atom is 0.277 e. The fourth-order valence-electron chi connectivity index (χ4n) is 2.34. The third kappa shape index (κ3) is 4.09. The van der Waals surface area contributed by atoms with Gasteiger partial charge in [0.15, 0.2) is 12.1 Å². The Morgan fingerprint density at radius 3 is 2.33 bits per heavy atom. The fraction of sp³-hybridized carbons (Fsp3) is 0.111. The average Bonchev–Trinajstić information content (AvgIpc) is 3.09. The van der Waals surface area contributed by atoms with Crippen LogP contribution in [-0.2, 0) is 10.0 Å². The largest absolute Gasteiger partial charge is 0.497 e. The molecule has 0 saturated carbocycles. The minimum Gasteiger partial charge on any atom is -0.497 e. The zero-order valence-electron chi connectivity index (χ0n) is 14.6. The number of benzene rings is 2. The summed E-state index contributed by atoms with van der Waals surface area (Å²) in [4.78, 5) is 16.2. The van der Waals surface area contributed by atoms with E-state index in [0.717, 1.165) is 0 Å². The van der Waals surface area contributed by atoms with Crippen molar-refractivity contribution in [1.29, 1.82) is 0 Å². The smallest absolute Gasteiger partial charge is 0.277 e. The summed E-state index contributed by atoms with van der Waals surface area (Å²) in [5, 5.41) is 2.64. The normalized spacial score (nSPS) is 11.0. The number of amides is 1. The second kappa shape index (κ2) is 7.50. The number of nitrogens with zero attached hydrogens (tertiary/aromatic N) is 1. The van der Waals surface area contributed by atoms with Crippen molar-refractivity contribution in [2.45, 2.75) is 11.8 Å². The first-order valence-electron chi connectivity index (χ1n) is 7.88. The van der Waals surface area contributed by atoms with E-state index < -0.39 is 15.9 Å². The summed E-state index contributed by atoms with van der Waals surface area (Å²) in [5.74, 6) is 0.408. The third-order valence-electron chi connectivity index (χ3n) is 3.75. The van der Waals surface area contributed by atoms with Crippen LogP contribution in [-0.4, -0.2) is 26.4 Å².